The number of rotatable bonds is 9. The van der Waals surface area contributed by atoms with Crippen LogP contribution in [0.1, 0.15) is 40.0 Å². The molecule has 0 aromatic heterocycles. The van der Waals surface area contributed by atoms with Gasteiger partial charge in [0.1, 0.15) is 0 Å². The SMILES string of the molecule is CCOCCCCNCCN1CCSC(C)(C)CC1. The lowest BCUT2D eigenvalue weighted by molar-refractivity contribution is 0.143. The minimum absolute atomic E-state index is 0.474. The molecule has 1 aliphatic heterocycles. The quantitative estimate of drug-likeness (QED) is 0.659. The Labute approximate surface area is 123 Å². The van der Waals surface area contributed by atoms with Crippen molar-refractivity contribution in [1.82, 2.24) is 10.2 Å². The second-order valence-corrected chi connectivity index (χ2v) is 7.66. The highest BCUT2D eigenvalue weighted by Gasteiger charge is 2.23. The molecule has 0 spiro atoms. The Hall–Kier alpha value is 0.230. The van der Waals surface area contributed by atoms with Crippen molar-refractivity contribution in [2.45, 2.75) is 44.8 Å². The smallest absolute Gasteiger partial charge is 0.0466 e. The lowest BCUT2D eigenvalue weighted by atomic mass is 10.1. The first-order valence-corrected chi connectivity index (χ1v) is 8.77. The molecule has 0 aliphatic carbocycles. The highest BCUT2D eigenvalue weighted by Crippen LogP contribution is 2.30. The number of nitrogens with zero attached hydrogens (tertiary/aromatic N) is 1. The zero-order valence-corrected chi connectivity index (χ0v) is 13.9. The summed E-state index contributed by atoms with van der Waals surface area (Å²) in [5.41, 5.74) is 0. The van der Waals surface area contributed by atoms with Crippen LogP contribution in [0.5, 0.6) is 0 Å². The second kappa shape index (κ2) is 10.0. The molecule has 114 valence electrons. The van der Waals surface area contributed by atoms with E-state index in [9.17, 15) is 0 Å². The molecule has 0 aromatic rings. The van der Waals surface area contributed by atoms with Crippen molar-refractivity contribution in [1.29, 1.82) is 0 Å². The monoisotopic (exact) mass is 288 g/mol. The molecule has 0 radical (unpaired) electrons. The number of thioether (sulfide) groups is 1. The number of ether oxygens (including phenoxy) is 1. The molecule has 4 heteroatoms. The van der Waals surface area contributed by atoms with E-state index in [0.29, 0.717) is 4.75 Å². The minimum atomic E-state index is 0.474. The maximum atomic E-state index is 5.33. The fourth-order valence-electron chi connectivity index (χ4n) is 2.25. The molecule has 1 aliphatic rings. The predicted octanol–water partition coefficient (Wildman–Crippen LogP) is 2.61. The van der Waals surface area contributed by atoms with E-state index in [-0.39, 0.29) is 0 Å². The van der Waals surface area contributed by atoms with E-state index < -0.39 is 0 Å². The molecule has 1 rings (SSSR count). The maximum absolute atomic E-state index is 5.33. The molecule has 1 fully saturated rings. The summed E-state index contributed by atoms with van der Waals surface area (Å²) in [7, 11) is 0. The fourth-order valence-corrected chi connectivity index (χ4v) is 3.38. The molecular formula is C15H32N2OS. The van der Waals surface area contributed by atoms with E-state index in [1.165, 1.54) is 44.6 Å². The molecule has 0 saturated carbocycles. The Morgan fingerprint density at radius 3 is 2.84 bits per heavy atom. The van der Waals surface area contributed by atoms with Crippen LogP contribution < -0.4 is 5.32 Å². The number of hydrogen-bond acceptors (Lipinski definition) is 4. The van der Waals surface area contributed by atoms with Crippen LogP contribution in [0, 0.1) is 0 Å². The molecule has 3 nitrogen and oxygen atoms in total. The average molecular weight is 289 g/mol. The van der Waals surface area contributed by atoms with Crippen LogP contribution in [-0.2, 0) is 4.74 Å². The Morgan fingerprint density at radius 1 is 1.21 bits per heavy atom. The first-order valence-electron chi connectivity index (χ1n) is 7.79. The van der Waals surface area contributed by atoms with E-state index in [1.807, 2.05) is 0 Å². The molecule has 1 heterocycles. The third-order valence-corrected chi connectivity index (χ3v) is 5.00. The van der Waals surface area contributed by atoms with E-state index >= 15 is 0 Å². The van der Waals surface area contributed by atoms with Gasteiger partial charge in [-0.3, -0.25) is 0 Å². The number of unbranched alkanes of at least 4 members (excludes halogenated alkanes) is 1. The standard InChI is InChI=1S/C15H32N2OS/c1-4-18-13-6-5-8-16-9-11-17-10-7-15(2,3)19-14-12-17/h16H,4-14H2,1-3H3. The van der Waals surface area contributed by atoms with Gasteiger partial charge in [-0.25, -0.2) is 0 Å². The van der Waals surface area contributed by atoms with Crippen molar-refractivity contribution >= 4 is 11.8 Å². The van der Waals surface area contributed by atoms with E-state index in [1.54, 1.807) is 0 Å². The summed E-state index contributed by atoms with van der Waals surface area (Å²) in [5.74, 6) is 1.28. The van der Waals surface area contributed by atoms with Crippen LogP contribution in [0.3, 0.4) is 0 Å². The minimum Gasteiger partial charge on any atom is -0.382 e. The predicted molar refractivity (Wildman–Crippen MR) is 86.2 cm³/mol. The van der Waals surface area contributed by atoms with Gasteiger partial charge < -0.3 is 15.0 Å². The largest absolute Gasteiger partial charge is 0.382 e. The van der Waals surface area contributed by atoms with Crippen molar-refractivity contribution in [3.8, 4) is 0 Å². The first kappa shape index (κ1) is 17.3. The van der Waals surface area contributed by atoms with Crippen LogP contribution in [0.4, 0.5) is 0 Å². The third kappa shape index (κ3) is 8.90. The highest BCUT2D eigenvalue weighted by molar-refractivity contribution is 8.00. The second-order valence-electron chi connectivity index (χ2n) is 5.85. The zero-order chi connectivity index (χ0) is 14.0. The summed E-state index contributed by atoms with van der Waals surface area (Å²) in [5, 5.41) is 3.55. The lowest BCUT2D eigenvalue weighted by Gasteiger charge is -2.22. The van der Waals surface area contributed by atoms with Crippen LogP contribution in [0.15, 0.2) is 0 Å². The van der Waals surface area contributed by atoms with Gasteiger partial charge in [-0.05, 0) is 39.3 Å². The molecule has 1 N–H and O–H groups in total. The van der Waals surface area contributed by atoms with Gasteiger partial charge >= 0.3 is 0 Å². The first-order chi connectivity index (χ1) is 9.14. The summed E-state index contributed by atoms with van der Waals surface area (Å²) >= 11 is 2.12. The Morgan fingerprint density at radius 2 is 2.05 bits per heavy atom. The van der Waals surface area contributed by atoms with Crippen LogP contribution >= 0.6 is 11.8 Å². The number of nitrogens with one attached hydrogen (secondary N) is 1. The molecule has 1 saturated heterocycles. The van der Waals surface area contributed by atoms with Gasteiger partial charge in [0.25, 0.3) is 0 Å². The Bertz CT molecular complexity index is 224. The third-order valence-electron chi connectivity index (χ3n) is 3.63. The molecule has 0 bridgehead atoms. The van der Waals surface area contributed by atoms with Crippen molar-refractivity contribution in [2.24, 2.45) is 0 Å². The average Bonchev–Trinajstić information content (AvgIpc) is 2.54. The van der Waals surface area contributed by atoms with Gasteiger partial charge in [-0.1, -0.05) is 13.8 Å². The molecule has 19 heavy (non-hydrogen) atoms. The zero-order valence-electron chi connectivity index (χ0n) is 13.0. The van der Waals surface area contributed by atoms with E-state index in [4.69, 9.17) is 4.74 Å². The molecule has 0 unspecified atom stereocenters. The fraction of sp³-hybridized carbons (Fsp3) is 1.00. The van der Waals surface area contributed by atoms with Gasteiger partial charge in [0.15, 0.2) is 0 Å². The van der Waals surface area contributed by atoms with Crippen LogP contribution in [0.25, 0.3) is 0 Å². The van der Waals surface area contributed by atoms with Crippen LogP contribution in [-0.4, -0.2) is 61.3 Å². The van der Waals surface area contributed by atoms with E-state index in [2.05, 4.69) is 42.7 Å². The van der Waals surface area contributed by atoms with Gasteiger partial charge in [-0.15, -0.1) is 0 Å². The maximum Gasteiger partial charge on any atom is 0.0466 e. The van der Waals surface area contributed by atoms with Crippen molar-refractivity contribution < 1.29 is 4.74 Å². The molecular weight excluding hydrogens is 256 g/mol. The van der Waals surface area contributed by atoms with E-state index in [0.717, 1.165) is 26.3 Å². The topological polar surface area (TPSA) is 24.5 Å². The summed E-state index contributed by atoms with van der Waals surface area (Å²) in [6.07, 6.45) is 3.71. The summed E-state index contributed by atoms with van der Waals surface area (Å²) < 4.78 is 5.80. The normalized spacial score (nSPS) is 20.4. The molecule has 0 amide bonds. The van der Waals surface area contributed by atoms with Gasteiger partial charge in [0, 0.05) is 43.3 Å². The van der Waals surface area contributed by atoms with Crippen molar-refractivity contribution in [3.05, 3.63) is 0 Å². The number of hydrogen-bond donors (Lipinski definition) is 1. The Kier molecular flexibility index (Phi) is 9.12. The summed E-state index contributed by atoms with van der Waals surface area (Å²) in [6, 6.07) is 0. The summed E-state index contributed by atoms with van der Waals surface area (Å²) in [6.45, 7) is 14.5. The van der Waals surface area contributed by atoms with Gasteiger partial charge in [0.2, 0.25) is 0 Å². The van der Waals surface area contributed by atoms with Crippen molar-refractivity contribution in [2.75, 3.05) is 51.7 Å². The van der Waals surface area contributed by atoms with Gasteiger partial charge in [-0.2, -0.15) is 11.8 Å². The molecule has 0 aromatic carbocycles. The highest BCUT2D eigenvalue weighted by atomic mass is 32.2. The van der Waals surface area contributed by atoms with Gasteiger partial charge in [0.05, 0.1) is 0 Å². The summed E-state index contributed by atoms with van der Waals surface area (Å²) in [4.78, 5) is 2.61. The van der Waals surface area contributed by atoms with Crippen LogP contribution in [0.2, 0.25) is 0 Å². The Balaban J connectivity index is 1.94. The lowest BCUT2D eigenvalue weighted by Crippen LogP contribution is -2.34. The van der Waals surface area contributed by atoms with Crippen molar-refractivity contribution in [3.63, 3.8) is 0 Å². The molecule has 0 atom stereocenters.